The molecule has 0 saturated heterocycles. The number of Topliss-reactive ketones (excluding diaryl/α,β-unsaturated/α-hetero) is 1. The predicted octanol–water partition coefficient (Wildman–Crippen LogP) is 3.44. The summed E-state index contributed by atoms with van der Waals surface area (Å²) in [4.78, 5) is 37.2. The van der Waals surface area contributed by atoms with E-state index < -0.39 is 11.5 Å². The van der Waals surface area contributed by atoms with Crippen molar-refractivity contribution < 1.29 is 14.7 Å². The number of pyridine rings is 1. The van der Waals surface area contributed by atoms with Gasteiger partial charge in [-0.1, -0.05) is 24.3 Å². The quantitative estimate of drug-likeness (QED) is 0.543. The number of thiophene rings is 1. The van der Waals surface area contributed by atoms with E-state index >= 15 is 0 Å². The third-order valence-corrected chi connectivity index (χ3v) is 5.97. The van der Waals surface area contributed by atoms with Gasteiger partial charge in [-0.05, 0) is 42.1 Å². The first-order chi connectivity index (χ1) is 13.9. The Balaban J connectivity index is 1.88. The standard InChI is InChI=1S/C22H18N2O4S/c1-12(25)11-23-21(27)19-20(26)15-9-14(7-8-16(15)24(2)22(19)28)18-10-13-5-3-4-6-17(13)29-18/h3-10,26H,11H2,1-2H3,(H,23,27). The molecule has 2 aromatic heterocycles. The fourth-order valence-electron chi connectivity index (χ4n) is 3.31. The second-order valence-electron chi connectivity index (χ2n) is 6.85. The zero-order chi connectivity index (χ0) is 20.7. The van der Waals surface area contributed by atoms with Crippen LogP contribution in [0.25, 0.3) is 31.4 Å². The molecule has 2 aromatic carbocycles. The lowest BCUT2D eigenvalue weighted by molar-refractivity contribution is -0.116. The van der Waals surface area contributed by atoms with Gasteiger partial charge in [0.2, 0.25) is 0 Å². The molecule has 146 valence electrons. The van der Waals surface area contributed by atoms with Crippen LogP contribution >= 0.6 is 11.3 Å². The highest BCUT2D eigenvalue weighted by atomic mass is 32.1. The highest BCUT2D eigenvalue weighted by Gasteiger charge is 2.21. The Morgan fingerprint density at radius 2 is 1.90 bits per heavy atom. The van der Waals surface area contributed by atoms with Gasteiger partial charge in [-0.25, -0.2) is 0 Å². The molecule has 7 heteroatoms. The van der Waals surface area contributed by atoms with Crippen molar-refractivity contribution in [2.24, 2.45) is 7.05 Å². The van der Waals surface area contributed by atoms with Crippen LogP contribution in [0.5, 0.6) is 5.75 Å². The van der Waals surface area contributed by atoms with Gasteiger partial charge in [0, 0.05) is 22.0 Å². The Morgan fingerprint density at radius 3 is 2.62 bits per heavy atom. The molecule has 0 aliphatic carbocycles. The third kappa shape index (κ3) is 3.30. The molecular formula is C22H18N2O4S. The summed E-state index contributed by atoms with van der Waals surface area (Å²) in [6.07, 6.45) is 0. The van der Waals surface area contributed by atoms with Gasteiger partial charge < -0.3 is 15.0 Å². The number of rotatable bonds is 4. The minimum atomic E-state index is -0.771. The second-order valence-corrected chi connectivity index (χ2v) is 7.94. The number of carbonyl (C=O) groups excluding carboxylic acids is 2. The van der Waals surface area contributed by atoms with Crippen molar-refractivity contribution in [2.75, 3.05) is 6.54 Å². The molecule has 0 bridgehead atoms. The maximum absolute atomic E-state index is 12.6. The van der Waals surface area contributed by atoms with E-state index in [1.54, 1.807) is 30.5 Å². The Hall–Kier alpha value is -3.45. The summed E-state index contributed by atoms with van der Waals surface area (Å²) >= 11 is 1.63. The van der Waals surface area contributed by atoms with Crippen LogP contribution in [-0.4, -0.2) is 27.9 Å². The van der Waals surface area contributed by atoms with Crippen molar-refractivity contribution in [3.05, 3.63) is 64.4 Å². The average molecular weight is 406 g/mol. The van der Waals surface area contributed by atoms with E-state index in [1.807, 2.05) is 30.3 Å². The summed E-state index contributed by atoms with van der Waals surface area (Å²) in [7, 11) is 1.55. The topological polar surface area (TPSA) is 88.4 Å². The lowest BCUT2D eigenvalue weighted by Gasteiger charge is -2.12. The number of hydrogen-bond donors (Lipinski definition) is 2. The molecule has 2 N–H and O–H groups in total. The van der Waals surface area contributed by atoms with E-state index in [0.717, 1.165) is 20.5 Å². The first-order valence-electron chi connectivity index (χ1n) is 8.99. The number of nitrogens with one attached hydrogen (secondary N) is 1. The van der Waals surface area contributed by atoms with Crippen molar-refractivity contribution in [3.63, 3.8) is 0 Å². The predicted molar refractivity (Wildman–Crippen MR) is 115 cm³/mol. The largest absolute Gasteiger partial charge is 0.506 e. The van der Waals surface area contributed by atoms with Crippen LogP contribution in [0.1, 0.15) is 17.3 Å². The number of carbonyl (C=O) groups is 2. The van der Waals surface area contributed by atoms with Crippen molar-refractivity contribution in [3.8, 4) is 16.2 Å². The van der Waals surface area contributed by atoms with Gasteiger partial charge in [-0.2, -0.15) is 0 Å². The SMILES string of the molecule is CC(=O)CNC(=O)c1c(O)c2cc(-c3cc4ccccc4s3)ccc2n(C)c1=O. The number of fused-ring (bicyclic) bond motifs is 2. The minimum Gasteiger partial charge on any atom is -0.506 e. The summed E-state index contributed by atoms with van der Waals surface area (Å²) in [5, 5.41) is 14.6. The maximum atomic E-state index is 12.6. The fraction of sp³-hybridized carbons (Fsp3) is 0.136. The molecule has 4 aromatic rings. The summed E-state index contributed by atoms with van der Waals surface area (Å²) in [6.45, 7) is 1.12. The molecule has 1 amide bonds. The second kappa shape index (κ2) is 7.18. The van der Waals surface area contributed by atoms with Crippen molar-refractivity contribution in [1.82, 2.24) is 9.88 Å². The highest BCUT2D eigenvalue weighted by molar-refractivity contribution is 7.22. The normalized spacial score (nSPS) is 11.1. The molecule has 0 fully saturated rings. The van der Waals surface area contributed by atoms with Gasteiger partial charge in [-0.15, -0.1) is 11.3 Å². The van der Waals surface area contributed by atoms with Crippen molar-refractivity contribution in [1.29, 1.82) is 0 Å². The Morgan fingerprint density at radius 1 is 1.14 bits per heavy atom. The number of hydrogen-bond acceptors (Lipinski definition) is 5. The molecular weight excluding hydrogens is 388 g/mol. The van der Waals surface area contributed by atoms with E-state index in [0.29, 0.717) is 10.9 Å². The molecule has 0 spiro atoms. The zero-order valence-corrected chi connectivity index (χ0v) is 16.7. The lowest BCUT2D eigenvalue weighted by atomic mass is 10.1. The van der Waals surface area contributed by atoms with Gasteiger partial charge >= 0.3 is 0 Å². The summed E-state index contributed by atoms with van der Waals surface area (Å²) in [5.41, 5.74) is 0.406. The summed E-state index contributed by atoms with van der Waals surface area (Å²) in [5.74, 6) is -1.40. The molecule has 0 atom stereocenters. The van der Waals surface area contributed by atoms with Gasteiger partial charge in [0.25, 0.3) is 11.5 Å². The highest BCUT2D eigenvalue weighted by Crippen LogP contribution is 2.36. The van der Waals surface area contributed by atoms with Crippen LogP contribution in [0.3, 0.4) is 0 Å². The van der Waals surface area contributed by atoms with Gasteiger partial charge in [0.1, 0.15) is 17.1 Å². The smallest absolute Gasteiger partial charge is 0.267 e. The molecule has 0 aliphatic heterocycles. The van der Waals surface area contributed by atoms with Crippen LogP contribution in [0.2, 0.25) is 0 Å². The summed E-state index contributed by atoms with van der Waals surface area (Å²) < 4.78 is 2.48. The number of amides is 1. The van der Waals surface area contributed by atoms with E-state index in [1.165, 1.54) is 11.5 Å². The van der Waals surface area contributed by atoms with Gasteiger partial charge in [0.15, 0.2) is 0 Å². The zero-order valence-electron chi connectivity index (χ0n) is 15.9. The van der Waals surface area contributed by atoms with Crippen LogP contribution < -0.4 is 10.9 Å². The molecule has 29 heavy (non-hydrogen) atoms. The minimum absolute atomic E-state index is 0.207. The van der Waals surface area contributed by atoms with E-state index in [-0.39, 0.29) is 23.6 Å². The van der Waals surface area contributed by atoms with Gasteiger partial charge in [0.05, 0.1) is 12.1 Å². The number of aromatic hydroxyl groups is 1. The van der Waals surface area contributed by atoms with Gasteiger partial charge in [-0.3, -0.25) is 14.4 Å². The Bertz CT molecular complexity index is 1320. The maximum Gasteiger partial charge on any atom is 0.267 e. The average Bonchev–Trinajstić information content (AvgIpc) is 3.14. The van der Waals surface area contributed by atoms with Crippen LogP contribution in [0, 0.1) is 0 Å². The summed E-state index contributed by atoms with van der Waals surface area (Å²) in [6, 6.07) is 15.5. The van der Waals surface area contributed by atoms with Crippen LogP contribution in [0.15, 0.2) is 53.3 Å². The lowest BCUT2D eigenvalue weighted by Crippen LogP contribution is -2.34. The Kier molecular flexibility index (Phi) is 4.68. The molecule has 0 aliphatic rings. The molecule has 2 heterocycles. The molecule has 0 saturated carbocycles. The van der Waals surface area contributed by atoms with E-state index in [4.69, 9.17) is 0 Å². The van der Waals surface area contributed by atoms with Crippen molar-refractivity contribution in [2.45, 2.75) is 6.92 Å². The molecule has 4 rings (SSSR count). The fourth-order valence-corrected chi connectivity index (χ4v) is 4.37. The first kappa shape index (κ1) is 18.9. The van der Waals surface area contributed by atoms with E-state index in [9.17, 15) is 19.5 Å². The number of aryl methyl sites for hydroxylation is 1. The number of benzene rings is 2. The number of aromatic nitrogens is 1. The first-order valence-corrected chi connectivity index (χ1v) is 9.80. The van der Waals surface area contributed by atoms with E-state index in [2.05, 4.69) is 11.4 Å². The molecule has 0 unspecified atom stereocenters. The van der Waals surface area contributed by atoms with Crippen molar-refractivity contribution >= 4 is 44.0 Å². The Labute approximate surface area is 170 Å². The van der Waals surface area contributed by atoms with Crippen LogP contribution in [-0.2, 0) is 11.8 Å². The number of nitrogens with zero attached hydrogens (tertiary/aromatic N) is 1. The monoisotopic (exact) mass is 406 g/mol. The third-order valence-electron chi connectivity index (χ3n) is 4.80. The number of ketones is 1. The molecule has 0 radical (unpaired) electrons. The molecule has 6 nitrogen and oxygen atoms in total. The van der Waals surface area contributed by atoms with Crippen LogP contribution in [0.4, 0.5) is 0 Å².